The van der Waals surface area contributed by atoms with Crippen molar-refractivity contribution in [1.82, 2.24) is 0 Å². The van der Waals surface area contributed by atoms with Crippen LogP contribution in [0.2, 0.25) is 0 Å². The lowest BCUT2D eigenvalue weighted by Gasteiger charge is -2.13. The van der Waals surface area contributed by atoms with Gasteiger partial charge in [0.25, 0.3) is 0 Å². The molecule has 0 spiro atoms. The van der Waals surface area contributed by atoms with Crippen molar-refractivity contribution in [3.63, 3.8) is 0 Å². The molecular weight excluding hydrogens is 344 g/mol. The molecule has 1 aromatic rings. The highest BCUT2D eigenvalue weighted by molar-refractivity contribution is 5.33. The van der Waals surface area contributed by atoms with E-state index in [0.717, 1.165) is 18.8 Å². The van der Waals surface area contributed by atoms with E-state index in [4.69, 9.17) is 9.47 Å². The normalized spacial score (nSPS) is 18.6. The third-order valence-corrected chi connectivity index (χ3v) is 5.60. The minimum Gasteiger partial charge on any atom is -0.490 e. The molecule has 1 aromatic carbocycles. The van der Waals surface area contributed by atoms with Crippen molar-refractivity contribution in [1.29, 1.82) is 0 Å². The number of aryl methyl sites for hydroxylation is 1. The Balaban J connectivity index is 1.45. The first-order valence-electron chi connectivity index (χ1n) is 11.7. The molecule has 0 N–H and O–H groups in total. The Hall–Kier alpha value is -1.28. The second-order valence-electron chi connectivity index (χ2n) is 8.62. The number of allylic oxidation sites excluding steroid dienone is 2. The molecule has 0 amide bonds. The fourth-order valence-electron chi connectivity index (χ4n) is 3.50. The summed E-state index contributed by atoms with van der Waals surface area (Å²) in [5, 5.41) is 0. The lowest BCUT2D eigenvalue weighted by molar-refractivity contribution is 0.201. The first-order chi connectivity index (χ1) is 13.7. The van der Waals surface area contributed by atoms with E-state index in [-0.39, 0.29) is 5.60 Å². The SMILES string of the molecule is CCCCCCCC/C=C/CCCCCCc1ccccc1OCC1(C)CO1. The van der Waals surface area contributed by atoms with Crippen molar-refractivity contribution >= 4 is 0 Å². The van der Waals surface area contributed by atoms with E-state index in [0.29, 0.717) is 6.61 Å². The van der Waals surface area contributed by atoms with Crippen LogP contribution in [-0.2, 0) is 11.2 Å². The maximum Gasteiger partial charge on any atom is 0.123 e. The summed E-state index contributed by atoms with van der Waals surface area (Å²) in [7, 11) is 0. The maximum atomic E-state index is 6.00. The molecule has 1 fully saturated rings. The van der Waals surface area contributed by atoms with Crippen LogP contribution in [0, 0.1) is 0 Å². The monoisotopic (exact) mass is 386 g/mol. The Labute approximate surface area is 173 Å². The average Bonchev–Trinajstić information content (AvgIpc) is 3.45. The van der Waals surface area contributed by atoms with Crippen LogP contribution in [0.25, 0.3) is 0 Å². The van der Waals surface area contributed by atoms with Gasteiger partial charge < -0.3 is 9.47 Å². The van der Waals surface area contributed by atoms with Gasteiger partial charge in [0.15, 0.2) is 0 Å². The van der Waals surface area contributed by atoms with Gasteiger partial charge in [-0.25, -0.2) is 0 Å². The Kier molecular flexibility index (Phi) is 11.4. The first-order valence-corrected chi connectivity index (χ1v) is 11.7. The molecule has 28 heavy (non-hydrogen) atoms. The van der Waals surface area contributed by atoms with Crippen LogP contribution in [0.1, 0.15) is 96.5 Å². The fourth-order valence-corrected chi connectivity index (χ4v) is 3.50. The third-order valence-electron chi connectivity index (χ3n) is 5.60. The van der Waals surface area contributed by atoms with Gasteiger partial charge in [0, 0.05) is 0 Å². The second-order valence-corrected chi connectivity index (χ2v) is 8.62. The lowest BCUT2D eigenvalue weighted by Crippen LogP contribution is -2.17. The molecule has 1 aliphatic rings. The molecule has 1 atom stereocenters. The van der Waals surface area contributed by atoms with Crippen LogP contribution in [-0.4, -0.2) is 18.8 Å². The third kappa shape index (κ3) is 10.3. The zero-order chi connectivity index (χ0) is 19.9. The van der Waals surface area contributed by atoms with Crippen molar-refractivity contribution in [2.45, 2.75) is 103 Å². The summed E-state index contributed by atoms with van der Waals surface area (Å²) in [6.07, 6.45) is 22.0. The summed E-state index contributed by atoms with van der Waals surface area (Å²) in [4.78, 5) is 0. The van der Waals surface area contributed by atoms with Crippen molar-refractivity contribution in [3.8, 4) is 5.75 Å². The van der Waals surface area contributed by atoms with Crippen LogP contribution >= 0.6 is 0 Å². The molecule has 1 unspecified atom stereocenters. The quantitative estimate of drug-likeness (QED) is 0.156. The van der Waals surface area contributed by atoms with E-state index in [2.05, 4.69) is 50.3 Å². The van der Waals surface area contributed by atoms with Crippen molar-refractivity contribution in [2.24, 2.45) is 0 Å². The van der Waals surface area contributed by atoms with E-state index in [1.54, 1.807) is 0 Å². The van der Waals surface area contributed by atoms with Gasteiger partial charge in [-0.3, -0.25) is 0 Å². The number of unbranched alkanes of at least 4 members (excludes halogenated alkanes) is 10. The van der Waals surface area contributed by atoms with Gasteiger partial charge in [-0.15, -0.1) is 0 Å². The minimum absolute atomic E-state index is 0.0460. The molecule has 0 bridgehead atoms. The summed E-state index contributed by atoms with van der Waals surface area (Å²) in [6, 6.07) is 8.48. The highest BCUT2D eigenvalue weighted by Gasteiger charge is 2.40. The zero-order valence-corrected chi connectivity index (χ0v) is 18.4. The topological polar surface area (TPSA) is 21.8 Å². The number of epoxide rings is 1. The molecule has 2 heteroatoms. The Morgan fingerprint density at radius 2 is 1.50 bits per heavy atom. The number of hydrogen-bond acceptors (Lipinski definition) is 2. The number of hydrogen-bond donors (Lipinski definition) is 0. The van der Waals surface area contributed by atoms with Crippen LogP contribution in [0.4, 0.5) is 0 Å². The largest absolute Gasteiger partial charge is 0.490 e. The highest BCUT2D eigenvalue weighted by atomic mass is 16.6. The van der Waals surface area contributed by atoms with E-state index in [1.807, 2.05) is 0 Å². The highest BCUT2D eigenvalue weighted by Crippen LogP contribution is 2.28. The summed E-state index contributed by atoms with van der Waals surface area (Å²) >= 11 is 0. The predicted molar refractivity (Wildman–Crippen MR) is 120 cm³/mol. The molecule has 2 nitrogen and oxygen atoms in total. The molecule has 1 saturated heterocycles. The summed E-state index contributed by atoms with van der Waals surface area (Å²) in [5.41, 5.74) is 1.29. The Morgan fingerprint density at radius 1 is 0.893 bits per heavy atom. The van der Waals surface area contributed by atoms with E-state index < -0.39 is 0 Å². The fraction of sp³-hybridized carbons (Fsp3) is 0.692. The van der Waals surface area contributed by atoms with Crippen molar-refractivity contribution in [3.05, 3.63) is 42.0 Å². The van der Waals surface area contributed by atoms with Crippen LogP contribution in [0.5, 0.6) is 5.75 Å². The van der Waals surface area contributed by atoms with Crippen LogP contribution in [0.3, 0.4) is 0 Å². The van der Waals surface area contributed by atoms with Gasteiger partial charge in [-0.1, -0.05) is 82.2 Å². The molecule has 158 valence electrons. The Bertz CT molecular complexity index is 545. The summed E-state index contributed by atoms with van der Waals surface area (Å²) < 4.78 is 11.4. The second kappa shape index (κ2) is 13.8. The van der Waals surface area contributed by atoms with E-state index in [1.165, 1.54) is 82.6 Å². The van der Waals surface area contributed by atoms with Gasteiger partial charge in [0.2, 0.25) is 0 Å². The van der Waals surface area contributed by atoms with Crippen molar-refractivity contribution < 1.29 is 9.47 Å². The molecule has 2 rings (SSSR count). The van der Waals surface area contributed by atoms with Gasteiger partial charge >= 0.3 is 0 Å². The van der Waals surface area contributed by atoms with Crippen molar-refractivity contribution in [2.75, 3.05) is 13.2 Å². The van der Waals surface area contributed by atoms with Gasteiger partial charge in [0.1, 0.15) is 18.0 Å². The maximum absolute atomic E-state index is 6.00. The predicted octanol–water partition coefficient (Wildman–Crippen LogP) is 7.65. The minimum atomic E-state index is -0.0460. The lowest BCUT2D eigenvalue weighted by atomic mass is 10.0. The van der Waals surface area contributed by atoms with E-state index in [9.17, 15) is 0 Å². The molecule has 0 saturated carbocycles. The van der Waals surface area contributed by atoms with Gasteiger partial charge in [-0.2, -0.15) is 0 Å². The summed E-state index contributed by atoms with van der Waals surface area (Å²) in [5.74, 6) is 1.04. The number of benzene rings is 1. The molecule has 1 heterocycles. The molecule has 0 aliphatic carbocycles. The van der Waals surface area contributed by atoms with E-state index >= 15 is 0 Å². The van der Waals surface area contributed by atoms with Gasteiger partial charge in [-0.05, 0) is 57.1 Å². The summed E-state index contributed by atoms with van der Waals surface area (Å²) in [6.45, 7) is 5.87. The van der Waals surface area contributed by atoms with Crippen LogP contribution in [0.15, 0.2) is 36.4 Å². The molecule has 1 aliphatic heterocycles. The standard InChI is InChI=1S/C26H42O2/c1-3-4-5-6-7-8-9-10-11-12-13-14-15-16-19-24-20-17-18-21-25(24)27-22-26(2)23-28-26/h10-11,17-18,20-21H,3-9,12-16,19,22-23H2,1-2H3/b11-10+. The first kappa shape index (κ1) is 23.0. The molecule has 0 aromatic heterocycles. The number of ether oxygens (including phenoxy) is 2. The number of rotatable bonds is 17. The number of para-hydroxylation sites is 1. The Morgan fingerprint density at radius 3 is 2.18 bits per heavy atom. The molecule has 0 radical (unpaired) electrons. The zero-order valence-electron chi connectivity index (χ0n) is 18.4. The average molecular weight is 387 g/mol. The van der Waals surface area contributed by atoms with Gasteiger partial charge in [0.05, 0.1) is 6.61 Å². The smallest absolute Gasteiger partial charge is 0.123 e. The molecular formula is C26H42O2. The van der Waals surface area contributed by atoms with Crippen LogP contribution < -0.4 is 4.74 Å².